The summed E-state index contributed by atoms with van der Waals surface area (Å²) in [5.74, 6) is 0.585. The number of rotatable bonds is 2. The predicted molar refractivity (Wildman–Crippen MR) is 102 cm³/mol. The maximum Gasteiger partial charge on any atom is 0.164 e. The van der Waals surface area contributed by atoms with Crippen molar-refractivity contribution in [1.82, 2.24) is 24.7 Å². The van der Waals surface area contributed by atoms with Gasteiger partial charge >= 0.3 is 0 Å². The average molecular weight is 364 g/mol. The summed E-state index contributed by atoms with van der Waals surface area (Å²) in [4.78, 5) is 11.9. The van der Waals surface area contributed by atoms with E-state index in [-0.39, 0.29) is 17.9 Å². The molecule has 1 aromatic carbocycles. The van der Waals surface area contributed by atoms with Crippen molar-refractivity contribution < 1.29 is 10.2 Å². The van der Waals surface area contributed by atoms with E-state index in [1.165, 1.54) is 6.33 Å². The predicted octanol–water partition coefficient (Wildman–Crippen LogP) is 2.74. The highest BCUT2D eigenvalue weighted by atomic mass is 16.3. The first-order valence-corrected chi connectivity index (χ1v) is 9.09. The minimum Gasteiger partial charge on any atom is -0.508 e. The molecule has 5 N–H and O–H groups in total. The van der Waals surface area contributed by atoms with Crippen molar-refractivity contribution in [3.8, 4) is 17.1 Å². The van der Waals surface area contributed by atoms with Crippen LogP contribution in [-0.2, 0) is 0 Å². The molecular weight excluding hydrogens is 344 g/mol. The summed E-state index contributed by atoms with van der Waals surface area (Å²) in [7, 11) is 0. The van der Waals surface area contributed by atoms with E-state index < -0.39 is 0 Å². The topological polar surface area (TPSA) is 126 Å². The second-order valence-electron chi connectivity index (χ2n) is 7.18. The van der Waals surface area contributed by atoms with Gasteiger partial charge in [-0.25, -0.2) is 14.6 Å². The molecule has 1 aliphatic carbocycles. The van der Waals surface area contributed by atoms with Crippen LogP contribution in [0.25, 0.3) is 33.3 Å². The van der Waals surface area contributed by atoms with Crippen LogP contribution in [0.1, 0.15) is 31.7 Å². The lowest BCUT2D eigenvalue weighted by molar-refractivity contribution is 0.101. The highest BCUT2D eigenvalue weighted by molar-refractivity contribution is 6.00. The van der Waals surface area contributed by atoms with Crippen LogP contribution in [0.15, 0.2) is 30.6 Å². The molecule has 4 aromatic rings. The molecule has 1 fully saturated rings. The summed E-state index contributed by atoms with van der Waals surface area (Å²) in [6.45, 7) is 0. The third-order valence-corrected chi connectivity index (χ3v) is 5.34. The number of aromatic hydroxyl groups is 1. The van der Waals surface area contributed by atoms with Gasteiger partial charge in [-0.3, -0.25) is 0 Å². The maximum absolute atomic E-state index is 10.1. The van der Waals surface area contributed by atoms with Gasteiger partial charge < -0.3 is 20.9 Å². The zero-order valence-electron chi connectivity index (χ0n) is 14.6. The van der Waals surface area contributed by atoms with Gasteiger partial charge in [0.1, 0.15) is 23.6 Å². The average Bonchev–Trinajstić information content (AvgIpc) is 3.23. The first kappa shape index (κ1) is 16.1. The van der Waals surface area contributed by atoms with Gasteiger partial charge in [0, 0.05) is 10.9 Å². The van der Waals surface area contributed by atoms with Gasteiger partial charge in [-0.2, -0.15) is 5.10 Å². The van der Waals surface area contributed by atoms with Crippen LogP contribution in [-0.4, -0.2) is 41.0 Å². The number of H-pyrrole nitrogens is 1. The van der Waals surface area contributed by atoms with E-state index in [2.05, 4.69) is 15.0 Å². The highest BCUT2D eigenvalue weighted by Gasteiger charge is 2.27. The summed E-state index contributed by atoms with van der Waals surface area (Å²) in [5, 5.41) is 26.2. The Bertz CT molecular complexity index is 1150. The number of hydrogen-bond acceptors (Lipinski definition) is 6. The molecule has 0 radical (unpaired) electrons. The van der Waals surface area contributed by atoms with Crippen LogP contribution in [0.2, 0.25) is 0 Å². The van der Waals surface area contributed by atoms with Crippen LogP contribution in [0.4, 0.5) is 5.82 Å². The van der Waals surface area contributed by atoms with Gasteiger partial charge in [0.25, 0.3) is 0 Å². The molecular formula is C19H20N6O2. The summed E-state index contributed by atoms with van der Waals surface area (Å²) >= 11 is 0. The molecule has 0 bridgehead atoms. The number of anilines is 1. The first-order chi connectivity index (χ1) is 13.1. The number of nitrogens with two attached hydrogens (primary N) is 1. The summed E-state index contributed by atoms with van der Waals surface area (Å²) in [6, 6.07) is 7.17. The summed E-state index contributed by atoms with van der Waals surface area (Å²) in [5.41, 5.74) is 9.22. The number of benzene rings is 1. The van der Waals surface area contributed by atoms with Gasteiger partial charge in [-0.05, 0) is 49.9 Å². The number of phenolic OH excluding ortho intramolecular Hbond substituents is 1. The van der Waals surface area contributed by atoms with Crippen LogP contribution < -0.4 is 5.73 Å². The van der Waals surface area contributed by atoms with E-state index in [4.69, 9.17) is 10.8 Å². The van der Waals surface area contributed by atoms with Crippen molar-refractivity contribution >= 4 is 27.8 Å². The molecule has 2 atom stereocenters. The number of aliphatic hydroxyl groups is 1. The second-order valence-corrected chi connectivity index (χ2v) is 7.18. The number of nitrogen functional groups attached to an aromatic ring is 1. The maximum atomic E-state index is 10.1. The first-order valence-electron chi connectivity index (χ1n) is 9.09. The molecule has 3 aromatic heterocycles. The second kappa shape index (κ2) is 5.95. The fourth-order valence-electron chi connectivity index (χ4n) is 4.05. The van der Waals surface area contributed by atoms with Crippen LogP contribution >= 0.6 is 0 Å². The fourth-order valence-corrected chi connectivity index (χ4v) is 4.05. The standard InChI is InChI=1S/C19H20N6O2/c20-18-16-17(15-7-10-6-13(27)4-5-14(10)23-15)24-25(19(16)22-9-21-18)11-2-1-3-12(26)8-11/h4-7,9,11-12,23,26-27H,1-3,8H2,(H2,20,21,22). The van der Waals surface area contributed by atoms with Crippen molar-refractivity contribution in [2.45, 2.75) is 37.8 Å². The lowest BCUT2D eigenvalue weighted by Crippen LogP contribution is -2.23. The summed E-state index contributed by atoms with van der Waals surface area (Å²) < 4.78 is 1.88. The SMILES string of the molecule is Nc1ncnc2c1c(-c1cc3cc(O)ccc3[nH]1)nn2C1CCCC(O)C1. The van der Waals surface area contributed by atoms with E-state index in [9.17, 15) is 10.2 Å². The van der Waals surface area contributed by atoms with Crippen LogP contribution in [0, 0.1) is 0 Å². The molecule has 1 saturated carbocycles. The minimum atomic E-state index is -0.318. The van der Waals surface area contributed by atoms with E-state index in [1.807, 2.05) is 16.8 Å². The van der Waals surface area contributed by atoms with E-state index in [0.29, 0.717) is 29.0 Å². The molecule has 2 unspecified atom stereocenters. The Kier molecular flexibility index (Phi) is 3.54. The molecule has 0 amide bonds. The normalized spacial score (nSPS) is 20.5. The van der Waals surface area contributed by atoms with Gasteiger partial charge in [0.05, 0.1) is 23.2 Å². The van der Waals surface area contributed by atoms with Crippen molar-refractivity contribution in [3.05, 3.63) is 30.6 Å². The Labute approximate surface area is 154 Å². The monoisotopic (exact) mass is 364 g/mol. The van der Waals surface area contributed by atoms with Crippen LogP contribution in [0.5, 0.6) is 5.75 Å². The quantitative estimate of drug-likeness (QED) is 0.433. The Hall–Kier alpha value is -3.13. The fraction of sp³-hybridized carbons (Fsp3) is 0.316. The minimum absolute atomic E-state index is 0.0766. The molecule has 8 nitrogen and oxygen atoms in total. The zero-order valence-corrected chi connectivity index (χ0v) is 14.6. The molecule has 8 heteroatoms. The third kappa shape index (κ3) is 2.60. The number of fused-ring (bicyclic) bond motifs is 2. The molecule has 0 saturated heterocycles. The Morgan fingerprint density at radius 3 is 2.93 bits per heavy atom. The lowest BCUT2D eigenvalue weighted by atomic mass is 9.93. The van der Waals surface area contributed by atoms with Gasteiger partial charge in [-0.15, -0.1) is 0 Å². The number of aromatic nitrogens is 5. The number of nitrogens with one attached hydrogen (secondary N) is 1. The Morgan fingerprint density at radius 2 is 2.07 bits per heavy atom. The Balaban J connectivity index is 1.71. The van der Waals surface area contributed by atoms with Crippen molar-refractivity contribution in [1.29, 1.82) is 0 Å². The van der Waals surface area contributed by atoms with Gasteiger partial charge in [0.15, 0.2) is 5.65 Å². The van der Waals surface area contributed by atoms with Crippen molar-refractivity contribution in [2.24, 2.45) is 0 Å². The van der Waals surface area contributed by atoms with E-state index in [1.54, 1.807) is 12.1 Å². The number of phenols is 1. The molecule has 0 aliphatic heterocycles. The van der Waals surface area contributed by atoms with E-state index >= 15 is 0 Å². The van der Waals surface area contributed by atoms with Gasteiger partial charge in [-0.1, -0.05) is 0 Å². The molecule has 138 valence electrons. The van der Waals surface area contributed by atoms with Gasteiger partial charge in [0.2, 0.25) is 0 Å². The van der Waals surface area contributed by atoms with Crippen LogP contribution in [0.3, 0.4) is 0 Å². The molecule has 5 rings (SSSR count). The smallest absolute Gasteiger partial charge is 0.164 e. The van der Waals surface area contributed by atoms with Crippen molar-refractivity contribution in [2.75, 3.05) is 5.73 Å². The molecule has 0 spiro atoms. The number of hydrogen-bond donors (Lipinski definition) is 4. The number of aliphatic hydroxyl groups excluding tert-OH is 1. The third-order valence-electron chi connectivity index (χ3n) is 5.34. The number of aromatic amines is 1. The number of nitrogens with zero attached hydrogens (tertiary/aromatic N) is 4. The Morgan fingerprint density at radius 1 is 1.19 bits per heavy atom. The lowest BCUT2D eigenvalue weighted by Gasteiger charge is -2.26. The molecule has 27 heavy (non-hydrogen) atoms. The van der Waals surface area contributed by atoms with Crippen molar-refractivity contribution in [3.63, 3.8) is 0 Å². The largest absolute Gasteiger partial charge is 0.508 e. The molecule has 1 aliphatic rings. The highest BCUT2D eigenvalue weighted by Crippen LogP contribution is 2.36. The summed E-state index contributed by atoms with van der Waals surface area (Å²) in [6.07, 6.45) is 4.50. The molecule has 3 heterocycles. The zero-order chi connectivity index (χ0) is 18.5. The van der Waals surface area contributed by atoms with E-state index in [0.717, 1.165) is 35.9 Å².